The first kappa shape index (κ1) is 16.5. The zero-order valence-corrected chi connectivity index (χ0v) is 13.9. The van der Waals surface area contributed by atoms with Crippen LogP contribution >= 0.6 is 0 Å². The second-order valence-electron chi connectivity index (χ2n) is 6.25. The Hall–Kier alpha value is -0.920. The molecule has 0 unspecified atom stereocenters. The van der Waals surface area contributed by atoms with E-state index in [1.165, 1.54) is 12.8 Å². The minimum absolute atomic E-state index is 0.0898. The van der Waals surface area contributed by atoms with E-state index in [1.54, 1.807) is 6.92 Å². The van der Waals surface area contributed by atoms with E-state index in [9.17, 15) is 8.42 Å². The molecule has 1 saturated carbocycles. The fourth-order valence-corrected chi connectivity index (χ4v) is 4.50. The van der Waals surface area contributed by atoms with Crippen molar-refractivity contribution in [2.75, 3.05) is 13.1 Å². The highest BCUT2D eigenvalue weighted by Crippen LogP contribution is 2.37. The van der Waals surface area contributed by atoms with Gasteiger partial charge in [-0.25, -0.2) is 13.1 Å². The standard InChI is InChI=1S/C14H26N4O2S/c1-4-15-9-12-13(11(2)17-18-12)21(19,20)16-10-14(3)7-5-6-8-14/h15-16H,4-10H2,1-3H3,(H,17,18). The summed E-state index contributed by atoms with van der Waals surface area (Å²) < 4.78 is 28.0. The molecular weight excluding hydrogens is 288 g/mol. The lowest BCUT2D eigenvalue weighted by atomic mass is 9.89. The molecule has 21 heavy (non-hydrogen) atoms. The van der Waals surface area contributed by atoms with Crippen molar-refractivity contribution in [3.8, 4) is 0 Å². The van der Waals surface area contributed by atoms with Crippen molar-refractivity contribution >= 4 is 10.0 Å². The molecule has 0 spiro atoms. The van der Waals surface area contributed by atoms with E-state index < -0.39 is 10.0 Å². The number of aryl methyl sites for hydroxylation is 1. The lowest BCUT2D eigenvalue weighted by Crippen LogP contribution is -2.35. The highest BCUT2D eigenvalue weighted by Gasteiger charge is 2.32. The molecule has 1 fully saturated rings. The van der Waals surface area contributed by atoms with E-state index in [-0.39, 0.29) is 5.41 Å². The van der Waals surface area contributed by atoms with E-state index in [0.29, 0.717) is 29.4 Å². The van der Waals surface area contributed by atoms with E-state index in [1.807, 2.05) is 6.92 Å². The normalized spacial score (nSPS) is 18.2. The van der Waals surface area contributed by atoms with Gasteiger partial charge in [0.25, 0.3) is 0 Å². The average molecular weight is 314 g/mol. The Bertz CT molecular complexity index is 574. The van der Waals surface area contributed by atoms with Gasteiger partial charge in [-0.05, 0) is 31.7 Å². The maximum Gasteiger partial charge on any atom is 0.244 e. The molecule has 3 N–H and O–H groups in total. The molecular formula is C14H26N4O2S. The van der Waals surface area contributed by atoms with Crippen LogP contribution in [0.5, 0.6) is 0 Å². The van der Waals surface area contributed by atoms with Crippen LogP contribution in [-0.2, 0) is 16.6 Å². The van der Waals surface area contributed by atoms with Gasteiger partial charge in [-0.15, -0.1) is 0 Å². The van der Waals surface area contributed by atoms with Crippen LogP contribution in [0, 0.1) is 12.3 Å². The Balaban J connectivity index is 2.13. The predicted octanol–water partition coefficient (Wildman–Crippen LogP) is 1.69. The van der Waals surface area contributed by atoms with E-state index in [4.69, 9.17) is 0 Å². The quantitative estimate of drug-likeness (QED) is 0.715. The molecule has 120 valence electrons. The number of hydrogen-bond acceptors (Lipinski definition) is 4. The summed E-state index contributed by atoms with van der Waals surface area (Å²) in [5.41, 5.74) is 1.23. The lowest BCUT2D eigenvalue weighted by Gasteiger charge is -2.23. The first-order valence-corrected chi connectivity index (χ1v) is 9.10. The first-order chi connectivity index (χ1) is 9.88. The monoisotopic (exact) mass is 314 g/mol. The summed E-state index contributed by atoms with van der Waals surface area (Å²) in [5, 5.41) is 10.0. The summed E-state index contributed by atoms with van der Waals surface area (Å²) in [4.78, 5) is 0.296. The summed E-state index contributed by atoms with van der Waals surface area (Å²) in [7, 11) is -3.52. The van der Waals surface area contributed by atoms with Gasteiger partial charge in [-0.1, -0.05) is 26.7 Å². The Morgan fingerprint density at radius 2 is 2.00 bits per heavy atom. The van der Waals surface area contributed by atoms with Crippen LogP contribution in [0.1, 0.15) is 50.9 Å². The largest absolute Gasteiger partial charge is 0.311 e. The molecule has 0 aliphatic heterocycles. The molecule has 0 bridgehead atoms. The number of rotatable bonds is 7. The molecule has 0 aromatic carbocycles. The van der Waals surface area contributed by atoms with Gasteiger partial charge >= 0.3 is 0 Å². The third kappa shape index (κ3) is 3.84. The molecule has 6 nitrogen and oxygen atoms in total. The highest BCUT2D eigenvalue weighted by atomic mass is 32.2. The van der Waals surface area contributed by atoms with E-state index in [2.05, 4.69) is 27.2 Å². The summed E-state index contributed by atoms with van der Waals surface area (Å²) in [6, 6.07) is 0. The number of nitrogens with zero attached hydrogens (tertiary/aromatic N) is 1. The van der Waals surface area contributed by atoms with Crippen LogP contribution < -0.4 is 10.0 Å². The van der Waals surface area contributed by atoms with Crippen molar-refractivity contribution in [3.63, 3.8) is 0 Å². The lowest BCUT2D eigenvalue weighted by molar-refractivity contribution is 0.336. The molecule has 1 aliphatic rings. The Kier molecular flexibility index (Phi) is 5.06. The van der Waals surface area contributed by atoms with Crippen LogP contribution in [0.15, 0.2) is 4.90 Å². The molecule has 1 aliphatic carbocycles. The van der Waals surface area contributed by atoms with Crippen molar-refractivity contribution in [1.82, 2.24) is 20.2 Å². The number of nitrogens with one attached hydrogen (secondary N) is 3. The van der Waals surface area contributed by atoms with Gasteiger partial charge in [0.15, 0.2) is 0 Å². The van der Waals surface area contributed by atoms with Gasteiger partial charge in [0.2, 0.25) is 10.0 Å². The summed E-state index contributed by atoms with van der Waals surface area (Å²) in [6.45, 7) is 7.61. The summed E-state index contributed by atoms with van der Waals surface area (Å²) in [6.07, 6.45) is 4.55. The first-order valence-electron chi connectivity index (χ1n) is 7.62. The molecule has 7 heteroatoms. The zero-order valence-electron chi connectivity index (χ0n) is 13.1. The molecule has 2 rings (SSSR count). The van der Waals surface area contributed by atoms with Crippen molar-refractivity contribution in [1.29, 1.82) is 0 Å². The van der Waals surface area contributed by atoms with Crippen LogP contribution in [0.25, 0.3) is 0 Å². The van der Waals surface area contributed by atoms with Gasteiger partial charge < -0.3 is 5.32 Å². The molecule has 0 radical (unpaired) electrons. The van der Waals surface area contributed by atoms with Crippen LogP contribution in [-0.4, -0.2) is 31.7 Å². The summed E-state index contributed by atoms with van der Waals surface area (Å²) >= 11 is 0. The number of hydrogen-bond donors (Lipinski definition) is 3. The Morgan fingerprint density at radius 3 is 2.62 bits per heavy atom. The molecule has 0 amide bonds. The Morgan fingerprint density at radius 1 is 1.33 bits per heavy atom. The second-order valence-corrected chi connectivity index (χ2v) is 7.95. The Labute approximate surface area is 127 Å². The third-order valence-electron chi connectivity index (χ3n) is 4.27. The fourth-order valence-electron chi connectivity index (χ4n) is 2.94. The van der Waals surface area contributed by atoms with Gasteiger partial charge in [0.05, 0.1) is 11.4 Å². The van der Waals surface area contributed by atoms with Crippen molar-refractivity contribution in [2.24, 2.45) is 5.41 Å². The molecule has 1 heterocycles. The minimum Gasteiger partial charge on any atom is -0.311 e. The maximum absolute atomic E-state index is 12.6. The van der Waals surface area contributed by atoms with E-state index >= 15 is 0 Å². The summed E-state index contributed by atoms with van der Waals surface area (Å²) in [5.74, 6) is 0. The average Bonchev–Trinajstić information content (AvgIpc) is 3.02. The third-order valence-corrected chi connectivity index (χ3v) is 5.88. The SMILES string of the molecule is CCNCc1n[nH]c(C)c1S(=O)(=O)NCC1(C)CCCC1. The topological polar surface area (TPSA) is 86.9 Å². The van der Waals surface area contributed by atoms with Gasteiger partial charge in [0, 0.05) is 13.1 Å². The number of H-pyrrole nitrogens is 1. The highest BCUT2D eigenvalue weighted by molar-refractivity contribution is 7.89. The molecule has 1 aromatic rings. The second kappa shape index (κ2) is 6.46. The molecule has 0 saturated heterocycles. The minimum atomic E-state index is -3.52. The maximum atomic E-state index is 12.6. The van der Waals surface area contributed by atoms with Crippen molar-refractivity contribution in [3.05, 3.63) is 11.4 Å². The van der Waals surface area contributed by atoms with Crippen LogP contribution in [0.2, 0.25) is 0 Å². The molecule has 1 aromatic heterocycles. The predicted molar refractivity (Wildman–Crippen MR) is 82.5 cm³/mol. The van der Waals surface area contributed by atoms with E-state index in [0.717, 1.165) is 19.4 Å². The van der Waals surface area contributed by atoms with Gasteiger partial charge in [-0.2, -0.15) is 5.10 Å². The number of aromatic nitrogens is 2. The van der Waals surface area contributed by atoms with Gasteiger partial charge in [-0.3, -0.25) is 5.10 Å². The van der Waals surface area contributed by atoms with Crippen molar-refractivity contribution in [2.45, 2.75) is 57.9 Å². The molecule has 0 atom stereocenters. The zero-order chi connectivity index (χ0) is 15.5. The number of aromatic amines is 1. The van der Waals surface area contributed by atoms with Gasteiger partial charge in [0.1, 0.15) is 4.90 Å². The smallest absolute Gasteiger partial charge is 0.244 e. The fraction of sp³-hybridized carbons (Fsp3) is 0.786. The van der Waals surface area contributed by atoms with Crippen molar-refractivity contribution < 1.29 is 8.42 Å². The van der Waals surface area contributed by atoms with Crippen LogP contribution in [0.4, 0.5) is 0 Å². The number of sulfonamides is 1. The van der Waals surface area contributed by atoms with Crippen LogP contribution in [0.3, 0.4) is 0 Å².